The van der Waals surface area contributed by atoms with Crippen LogP contribution >= 0.6 is 12.2 Å². The molecule has 0 saturated carbocycles. The minimum atomic E-state index is -0.0832. The quantitative estimate of drug-likeness (QED) is 0.221. The molecule has 0 atom stereocenters. The van der Waals surface area contributed by atoms with Crippen molar-refractivity contribution in [2.45, 2.75) is 13.0 Å². The zero-order valence-electron chi connectivity index (χ0n) is 16.3. The lowest BCUT2D eigenvalue weighted by Crippen LogP contribution is -2.20. The van der Waals surface area contributed by atoms with Gasteiger partial charge in [-0.2, -0.15) is 0 Å². The minimum absolute atomic E-state index is 0.0832. The monoisotopic (exact) mass is 421 g/mol. The number of hydrogen-bond acceptors (Lipinski definition) is 5. The normalized spacial score (nSPS) is 11.1. The first kappa shape index (κ1) is 21.1. The van der Waals surface area contributed by atoms with E-state index >= 15 is 0 Å². The summed E-state index contributed by atoms with van der Waals surface area (Å²) >= 11 is 4.82. The molecule has 1 aromatic heterocycles. The van der Waals surface area contributed by atoms with E-state index in [9.17, 15) is 0 Å². The molecular weight excluding hydrogens is 398 g/mol. The van der Waals surface area contributed by atoms with Crippen molar-refractivity contribution in [1.82, 2.24) is 4.98 Å². The standard InChI is InChI=1S/C22H23N5O2S/c23-20-18(21(24)27-22(25)30)12-17(29-14-15-6-2-1-3-7-15)13-19(20)28-11-9-16-8-4-5-10-26-16/h1-8,10,12-13H,9,11,14,23H2,(H4,24,25,27,30). The molecule has 0 unspecified atom stereocenters. The van der Waals surface area contributed by atoms with Crippen molar-refractivity contribution in [3.63, 3.8) is 0 Å². The topological polar surface area (TPSA) is 122 Å². The third kappa shape index (κ3) is 5.92. The molecule has 30 heavy (non-hydrogen) atoms. The number of aromatic nitrogens is 1. The zero-order valence-corrected chi connectivity index (χ0v) is 17.1. The molecule has 0 aliphatic rings. The number of anilines is 1. The summed E-state index contributed by atoms with van der Waals surface area (Å²) in [5.74, 6) is 1.07. The van der Waals surface area contributed by atoms with Crippen LogP contribution in [0.4, 0.5) is 5.69 Å². The van der Waals surface area contributed by atoms with Gasteiger partial charge in [0, 0.05) is 29.9 Å². The second-order valence-corrected chi connectivity index (χ2v) is 6.83. The lowest BCUT2D eigenvalue weighted by molar-refractivity contribution is 0.296. The maximum absolute atomic E-state index is 6.27. The summed E-state index contributed by atoms with van der Waals surface area (Å²) in [5.41, 5.74) is 20.5. The van der Waals surface area contributed by atoms with Gasteiger partial charge in [-0.15, -0.1) is 0 Å². The van der Waals surface area contributed by atoms with Gasteiger partial charge in [-0.3, -0.25) is 4.98 Å². The van der Waals surface area contributed by atoms with E-state index in [1.54, 1.807) is 18.3 Å². The van der Waals surface area contributed by atoms with E-state index in [-0.39, 0.29) is 10.9 Å². The van der Waals surface area contributed by atoms with Crippen LogP contribution in [-0.4, -0.2) is 22.5 Å². The molecule has 2 aromatic carbocycles. The van der Waals surface area contributed by atoms with Crippen molar-refractivity contribution in [3.8, 4) is 11.5 Å². The lowest BCUT2D eigenvalue weighted by atomic mass is 10.1. The highest BCUT2D eigenvalue weighted by Crippen LogP contribution is 2.32. The average molecular weight is 422 g/mol. The number of pyridine rings is 1. The van der Waals surface area contributed by atoms with Crippen molar-refractivity contribution in [2.75, 3.05) is 12.3 Å². The van der Waals surface area contributed by atoms with Crippen molar-refractivity contribution in [1.29, 1.82) is 0 Å². The Hall–Kier alpha value is -3.65. The molecule has 0 radical (unpaired) electrons. The van der Waals surface area contributed by atoms with Gasteiger partial charge >= 0.3 is 0 Å². The molecule has 3 rings (SSSR count). The molecule has 0 aliphatic heterocycles. The van der Waals surface area contributed by atoms with Crippen LogP contribution in [0.1, 0.15) is 16.8 Å². The second-order valence-electron chi connectivity index (χ2n) is 6.41. The number of nitrogen functional groups attached to an aromatic ring is 1. The maximum Gasteiger partial charge on any atom is 0.192 e. The molecule has 0 fully saturated rings. The smallest absolute Gasteiger partial charge is 0.192 e. The van der Waals surface area contributed by atoms with Crippen LogP contribution in [0.15, 0.2) is 71.9 Å². The summed E-state index contributed by atoms with van der Waals surface area (Å²) in [6, 6.07) is 19.0. The largest absolute Gasteiger partial charge is 0.491 e. The number of rotatable bonds is 8. The SMILES string of the molecule is NC(=S)/N=C(\N)c1cc(OCc2ccccc2)cc(OCCc2ccccn2)c1N. The number of thiocarbonyl (C=S) groups is 1. The van der Waals surface area contributed by atoms with Crippen LogP contribution in [0.25, 0.3) is 0 Å². The van der Waals surface area contributed by atoms with Gasteiger partial charge in [0.2, 0.25) is 0 Å². The van der Waals surface area contributed by atoms with Crippen molar-refractivity contribution in [3.05, 3.63) is 83.7 Å². The van der Waals surface area contributed by atoms with Gasteiger partial charge in [-0.25, -0.2) is 4.99 Å². The van der Waals surface area contributed by atoms with Gasteiger partial charge in [-0.1, -0.05) is 36.4 Å². The van der Waals surface area contributed by atoms with E-state index in [2.05, 4.69) is 9.98 Å². The van der Waals surface area contributed by atoms with E-state index in [1.165, 1.54) is 0 Å². The summed E-state index contributed by atoms with van der Waals surface area (Å²) in [7, 11) is 0. The Morgan fingerprint density at radius 1 is 1.00 bits per heavy atom. The van der Waals surface area contributed by atoms with Crippen LogP contribution in [0, 0.1) is 0 Å². The van der Waals surface area contributed by atoms with Gasteiger partial charge in [0.05, 0.1) is 12.3 Å². The van der Waals surface area contributed by atoms with Crippen LogP contribution in [0.3, 0.4) is 0 Å². The highest BCUT2D eigenvalue weighted by Gasteiger charge is 2.14. The fourth-order valence-electron chi connectivity index (χ4n) is 2.75. The molecular formula is C22H23N5O2S. The third-order valence-electron chi connectivity index (χ3n) is 4.21. The van der Waals surface area contributed by atoms with Crippen LogP contribution in [0.5, 0.6) is 11.5 Å². The molecule has 0 saturated heterocycles. The van der Waals surface area contributed by atoms with Gasteiger partial charge in [-0.05, 0) is 36.0 Å². The predicted octanol–water partition coefficient (Wildman–Crippen LogP) is 2.81. The number of benzene rings is 2. The molecule has 3 aromatic rings. The number of aliphatic imine (C=N–C) groups is 1. The number of nitrogens with zero attached hydrogens (tertiary/aromatic N) is 2. The summed E-state index contributed by atoms with van der Waals surface area (Å²) in [6.45, 7) is 0.763. The summed E-state index contributed by atoms with van der Waals surface area (Å²) in [6.07, 6.45) is 2.37. The number of ether oxygens (including phenoxy) is 2. The fourth-order valence-corrected chi connectivity index (χ4v) is 2.85. The number of nitrogens with two attached hydrogens (primary N) is 3. The van der Waals surface area contributed by atoms with E-state index in [1.807, 2.05) is 48.5 Å². The minimum Gasteiger partial charge on any atom is -0.491 e. The number of amidine groups is 1. The first-order valence-corrected chi connectivity index (χ1v) is 9.70. The van der Waals surface area contributed by atoms with E-state index < -0.39 is 0 Å². The maximum atomic E-state index is 6.27. The fraction of sp³-hybridized carbons (Fsp3) is 0.136. The Kier molecular flexibility index (Phi) is 7.18. The molecule has 0 amide bonds. The molecule has 6 N–H and O–H groups in total. The van der Waals surface area contributed by atoms with E-state index in [0.29, 0.717) is 42.4 Å². The molecule has 0 bridgehead atoms. The number of hydrogen-bond donors (Lipinski definition) is 3. The van der Waals surface area contributed by atoms with Crippen molar-refractivity contribution >= 4 is 28.9 Å². The summed E-state index contributed by atoms with van der Waals surface area (Å²) < 4.78 is 11.8. The average Bonchev–Trinajstić information content (AvgIpc) is 2.75. The van der Waals surface area contributed by atoms with Crippen LogP contribution in [0.2, 0.25) is 0 Å². The Bertz CT molecular complexity index is 1030. The Balaban J connectivity index is 1.82. The molecule has 7 nitrogen and oxygen atoms in total. The van der Waals surface area contributed by atoms with Gasteiger partial charge in [0.15, 0.2) is 5.11 Å². The van der Waals surface area contributed by atoms with Crippen molar-refractivity contribution < 1.29 is 9.47 Å². The first-order chi connectivity index (χ1) is 14.5. The highest BCUT2D eigenvalue weighted by atomic mass is 32.1. The predicted molar refractivity (Wildman–Crippen MR) is 123 cm³/mol. The Morgan fingerprint density at radius 2 is 1.77 bits per heavy atom. The highest BCUT2D eigenvalue weighted by molar-refractivity contribution is 7.80. The molecule has 1 heterocycles. The summed E-state index contributed by atoms with van der Waals surface area (Å²) in [5, 5.41) is -0.0832. The molecule has 154 valence electrons. The van der Waals surface area contributed by atoms with E-state index in [0.717, 1.165) is 11.3 Å². The molecule has 0 aliphatic carbocycles. The summed E-state index contributed by atoms with van der Waals surface area (Å²) in [4.78, 5) is 8.23. The molecule has 8 heteroatoms. The van der Waals surface area contributed by atoms with Gasteiger partial charge in [0.1, 0.15) is 23.9 Å². The van der Waals surface area contributed by atoms with Gasteiger partial charge < -0.3 is 26.7 Å². The first-order valence-electron chi connectivity index (χ1n) is 9.30. The lowest BCUT2D eigenvalue weighted by Gasteiger charge is -2.15. The zero-order chi connectivity index (χ0) is 21.3. The Morgan fingerprint density at radius 3 is 2.47 bits per heavy atom. The molecule has 0 spiro atoms. The van der Waals surface area contributed by atoms with Crippen LogP contribution < -0.4 is 26.7 Å². The van der Waals surface area contributed by atoms with E-state index in [4.69, 9.17) is 38.9 Å². The van der Waals surface area contributed by atoms with Crippen LogP contribution in [-0.2, 0) is 13.0 Å². The second kappa shape index (κ2) is 10.2. The van der Waals surface area contributed by atoms with Gasteiger partial charge in [0.25, 0.3) is 0 Å². The van der Waals surface area contributed by atoms with Crippen molar-refractivity contribution in [2.24, 2.45) is 16.5 Å². The Labute approximate surface area is 180 Å². The third-order valence-corrected chi connectivity index (χ3v) is 4.30.